The number of nitrogens with two attached hydrogens (primary N) is 1. The van der Waals surface area contributed by atoms with Crippen LogP contribution in [-0.4, -0.2) is 26.4 Å². The molecular weight excluding hydrogens is 354 g/mol. The summed E-state index contributed by atoms with van der Waals surface area (Å²) in [5.74, 6) is 0.905. The van der Waals surface area contributed by atoms with Crippen molar-refractivity contribution in [3.05, 3.63) is 34.6 Å². The summed E-state index contributed by atoms with van der Waals surface area (Å²) in [5.41, 5.74) is 6.35. The normalized spacial score (nSPS) is 10.6. The van der Waals surface area contributed by atoms with Gasteiger partial charge < -0.3 is 15.6 Å². The Morgan fingerprint density at radius 2 is 2.19 bits per heavy atom. The number of halogens is 1. The van der Waals surface area contributed by atoms with E-state index in [0.717, 1.165) is 22.5 Å². The molecule has 0 unspecified atom stereocenters. The molecule has 8 heteroatoms. The molecule has 21 heavy (non-hydrogen) atoms. The van der Waals surface area contributed by atoms with E-state index in [1.165, 1.54) is 11.8 Å². The molecule has 0 spiro atoms. The van der Waals surface area contributed by atoms with Crippen LogP contribution < -0.4 is 11.1 Å². The van der Waals surface area contributed by atoms with Crippen LogP contribution in [-0.2, 0) is 17.9 Å². The third-order valence-electron chi connectivity index (χ3n) is 2.77. The first-order valence-corrected chi connectivity index (χ1v) is 8.22. The molecule has 3 N–H and O–H groups in total. The van der Waals surface area contributed by atoms with E-state index in [9.17, 15) is 4.79 Å². The standard InChI is InChI=1S/C13H16BrN5OS/c1-2-19-11(7-15)17-18-13(19)21-8-12(20)16-10-6-4-3-5-9(10)14/h3-6H,2,7-8,15H2,1H3,(H,16,20). The van der Waals surface area contributed by atoms with Crippen LogP contribution in [0.1, 0.15) is 12.7 Å². The summed E-state index contributed by atoms with van der Waals surface area (Å²) in [6.07, 6.45) is 0. The molecule has 1 aromatic carbocycles. The smallest absolute Gasteiger partial charge is 0.234 e. The van der Waals surface area contributed by atoms with Crippen LogP contribution in [0.5, 0.6) is 0 Å². The van der Waals surface area contributed by atoms with Gasteiger partial charge in [-0.15, -0.1) is 10.2 Å². The number of rotatable bonds is 6. The molecule has 0 radical (unpaired) electrons. The molecule has 2 aromatic rings. The number of carbonyl (C=O) groups is 1. The predicted molar refractivity (Wildman–Crippen MR) is 87.1 cm³/mol. The maximum atomic E-state index is 12.0. The summed E-state index contributed by atoms with van der Waals surface area (Å²) >= 11 is 4.74. The summed E-state index contributed by atoms with van der Waals surface area (Å²) in [7, 11) is 0. The Balaban J connectivity index is 1.95. The number of hydrogen-bond acceptors (Lipinski definition) is 5. The fourth-order valence-corrected chi connectivity index (χ4v) is 2.98. The molecule has 6 nitrogen and oxygen atoms in total. The molecule has 2 rings (SSSR count). The average Bonchev–Trinajstić information content (AvgIpc) is 2.89. The fourth-order valence-electron chi connectivity index (χ4n) is 1.77. The second kappa shape index (κ2) is 7.58. The lowest BCUT2D eigenvalue weighted by molar-refractivity contribution is -0.113. The zero-order chi connectivity index (χ0) is 15.2. The zero-order valence-corrected chi connectivity index (χ0v) is 13.9. The minimum absolute atomic E-state index is 0.0909. The van der Waals surface area contributed by atoms with Gasteiger partial charge in [-0.25, -0.2) is 0 Å². The Morgan fingerprint density at radius 3 is 2.86 bits per heavy atom. The number of nitrogens with zero attached hydrogens (tertiary/aromatic N) is 3. The van der Waals surface area contributed by atoms with Crippen LogP contribution in [0.15, 0.2) is 33.9 Å². The van der Waals surface area contributed by atoms with Crippen LogP contribution in [0.25, 0.3) is 0 Å². The molecule has 0 aliphatic heterocycles. The number of anilines is 1. The van der Waals surface area contributed by atoms with Gasteiger partial charge in [0.25, 0.3) is 0 Å². The van der Waals surface area contributed by atoms with Crippen molar-refractivity contribution < 1.29 is 4.79 Å². The number of nitrogens with one attached hydrogen (secondary N) is 1. The highest BCUT2D eigenvalue weighted by molar-refractivity contribution is 9.10. The Kier molecular flexibility index (Phi) is 5.77. The number of hydrogen-bond donors (Lipinski definition) is 2. The number of para-hydroxylation sites is 1. The van der Waals surface area contributed by atoms with Crippen LogP contribution in [0, 0.1) is 0 Å². The number of thioether (sulfide) groups is 1. The van der Waals surface area contributed by atoms with Crippen LogP contribution in [0.4, 0.5) is 5.69 Å². The number of benzene rings is 1. The molecule has 112 valence electrons. The Labute approximate surface area is 135 Å². The first-order chi connectivity index (χ1) is 10.2. The first kappa shape index (κ1) is 16.0. The van der Waals surface area contributed by atoms with Gasteiger partial charge in [-0.3, -0.25) is 4.79 Å². The van der Waals surface area contributed by atoms with Gasteiger partial charge in [0, 0.05) is 11.0 Å². The van der Waals surface area contributed by atoms with Crippen molar-refractivity contribution >= 4 is 39.3 Å². The number of amides is 1. The maximum Gasteiger partial charge on any atom is 0.234 e. The SMILES string of the molecule is CCn1c(CN)nnc1SCC(=O)Nc1ccccc1Br. The zero-order valence-electron chi connectivity index (χ0n) is 11.5. The Hall–Kier alpha value is -1.38. The summed E-state index contributed by atoms with van der Waals surface area (Å²) in [4.78, 5) is 12.0. The summed E-state index contributed by atoms with van der Waals surface area (Å²) in [6.45, 7) is 3.06. The van der Waals surface area contributed by atoms with Gasteiger partial charge in [0.05, 0.1) is 18.0 Å². The molecule has 1 amide bonds. The van der Waals surface area contributed by atoms with Crippen LogP contribution in [0.2, 0.25) is 0 Å². The van der Waals surface area contributed by atoms with Gasteiger partial charge >= 0.3 is 0 Å². The van der Waals surface area contributed by atoms with Crippen molar-refractivity contribution in [3.8, 4) is 0 Å². The van der Waals surface area contributed by atoms with Crippen molar-refractivity contribution in [2.24, 2.45) is 5.73 Å². The molecule has 0 aliphatic carbocycles. The van der Waals surface area contributed by atoms with Gasteiger partial charge in [-0.05, 0) is 35.0 Å². The van der Waals surface area contributed by atoms with Crippen molar-refractivity contribution in [1.29, 1.82) is 0 Å². The number of carbonyl (C=O) groups excluding carboxylic acids is 1. The van der Waals surface area contributed by atoms with E-state index in [4.69, 9.17) is 5.73 Å². The third kappa shape index (κ3) is 4.05. The maximum absolute atomic E-state index is 12.0. The summed E-state index contributed by atoms with van der Waals surface area (Å²) in [5, 5.41) is 11.6. The molecule has 0 bridgehead atoms. The molecular formula is C13H16BrN5OS. The minimum atomic E-state index is -0.0909. The average molecular weight is 370 g/mol. The molecule has 0 saturated carbocycles. The first-order valence-electron chi connectivity index (χ1n) is 6.45. The molecule has 0 aliphatic rings. The summed E-state index contributed by atoms with van der Waals surface area (Å²) < 4.78 is 2.77. The van der Waals surface area contributed by atoms with E-state index in [-0.39, 0.29) is 11.7 Å². The largest absolute Gasteiger partial charge is 0.324 e. The minimum Gasteiger partial charge on any atom is -0.324 e. The van der Waals surface area contributed by atoms with E-state index in [1.54, 1.807) is 0 Å². The lowest BCUT2D eigenvalue weighted by atomic mass is 10.3. The van der Waals surface area contributed by atoms with Crippen molar-refractivity contribution in [3.63, 3.8) is 0 Å². The second-order valence-corrected chi connectivity index (χ2v) is 5.96. The molecule has 1 aromatic heterocycles. The van der Waals surface area contributed by atoms with Gasteiger partial charge in [-0.1, -0.05) is 23.9 Å². The Bertz CT molecular complexity index is 631. The predicted octanol–water partition coefficient (Wildman–Crippen LogP) is 2.25. The van der Waals surface area contributed by atoms with Crippen molar-refractivity contribution in [2.45, 2.75) is 25.2 Å². The Morgan fingerprint density at radius 1 is 1.43 bits per heavy atom. The lowest BCUT2D eigenvalue weighted by Crippen LogP contribution is -2.15. The van der Waals surface area contributed by atoms with E-state index < -0.39 is 0 Å². The van der Waals surface area contributed by atoms with E-state index in [1.807, 2.05) is 35.8 Å². The lowest BCUT2D eigenvalue weighted by Gasteiger charge is -2.08. The van der Waals surface area contributed by atoms with E-state index in [2.05, 4.69) is 31.4 Å². The highest BCUT2D eigenvalue weighted by Gasteiger charge is 2.12. The van der Waals surface area contributed by atoms with Crippen LogP contribution in [0.3, 0.4) is 0 Å². The topological polar surface area (TPSA) is 85.8 Å². The van der Waals surface area contributed by atoms with Crippen molar-refractivity contribution in [1.82, 2.24) is 14.8 Å². The van der Waals surface area contributed by atoms with Crippen LogP contribution >= 0.6 is 27.7 Å². The fraction of sp³-hybridized carbons (Fsp3) is 0.308. The molecule has 0 saturated heterocycles. The summed E-state index contributed by atoms with van der Waals surface area (Å²) in [6, 6.07) is 7.49. The second-order valence-electron chi connectivity index (χ2n) is 4.16. The van der Waals surface area contributed by atoms with Gasteiger partial charge in [0.15, 0.2) is 5.16 Å². The highest BCUT2D eigenvalue weighted by Crippen LogP contribution is 2.22. The molecule has 0 fully saturated rings. The van der Waals surface area contributed by atoms with Gasteiger partial charge in [0.2, 0.25) is 5.91 Å². The molecule has 0 atom stereocenters. The monoisotopic (exact) mass is 369 g/mol. The highest BCUT2D eigenvalue weighted by atomic mass is 79.9. The molecule has 1 heterocycles. The van der Waals surface area contributed by atoms with Gasteiger partial charge in [-0.2, -0.15) is 0 Å². The van der Waals surface area contributed by atoms with E-state index >= 15 is 0 Å². The quantitative estimate of drug-likeness (QED) is 0.762. The van der Waals surface area contributed by atoms with Gasteiger partial charge in [0.1, 0.15) is 5.82 Å². The van der Waals surface area contributed by atoms with E-state index in [0.29, 0.717) is 11.7 Å². The number of aromatic nitrogens is 3. The van der Waals surface area contributed by atoms with Crippen molar-refractivity contribution in [2.75, 3.05) is 11.1 Å². The third-order valence-corrected chi connectivity index (χ3v) is 4.43.